The van der Waals surface area contributed by atoms with Crippen LogP contribution in [0.25, 0.3) is 0 Å². The molecule has 0 unspecified atom stereocenters. The van der Waals surface area contributed by atoms with Crippen molar-refractivity contribution in [1.82, 2.24) is 10.2 Å². The van der Waals surface area contributed by atoms with Crippen LogP contribution in [0.5, 0.6) is 0 Å². The minimum Gasteiger partial charge on any atom is -0.352 e. The lowest BCUT2D eigenvalue weighted by Gasteiger charge is -2.32. The van der Waals surface area contributed by atoms with Crippen LogP contribution in [0.4, 0.5) is 5.69 Å². The molecule has 3 aromatic rings. The van der Waals surface area contributed by atoms with E-state index in [0.717, 1.165) is 22.0 Å². The first-order chi connectivity index (χ1) is 17.3. The number of nitro groups is 1. The number of halogens is 1. The first-order valence-corrected chi connectivity index (χ1v) is 12.7. The fourth-order valence-corrected chi connectivity index (χ4v) is 4.38. The van der Waals surface area contributed by atoms with Gasteiger partial charge in [-0.15, -0.1) is 0 Å². The first-order valence-electron chi connectivity index (χ1n) is 11.9. The summed E-state index contributed by atoms with van der Waals surface area (Å²) in [5, 5.41) is 14.6. The van der Waals surface area contributed by atoms with E-state index in [1.807, 2.05) is 68.4 Å². The Labute approximate surface area is 219 Å². The maximum Gasteiger partial charge on any atom is 0.273 e. The molecule has 0 saturated heterocycles. The van der Waals surface area contributed by atoms with Gasteiger partial charge in [0.1, 0.15) is 6.04 Å². The molecule has 0 fully saturated rings. The third kappa shape index (κ3) is 7.49. The maximum absolute atomic E-state index is 13.8. The monoisotopic (exact) mass is 551 g/mol. The van der Waals surface area contributed by atoms with Crippen LogP contribution in [0, 0.1) is 10.1 Å². The second-order valence-electron chi connectivity index (χ2n) is 8.74. The van der Waals surface area contributed by atoms with E-state index < -0.39 is 11.0 Å². The summed E-state index contributed by atoms with van der Waals surface area (Å²) in [5.41, 5.74) is 1.96. The van der Waals surface area contributed by atoms with Crippen LogP contribution in [0.3, 0.4) is 0 Å². The number of hydrogen-bond donors (Lipinski definition) is 1. The van der Waals surface area contributed by atoms with Gasteiger partial charge in [-0.3, -0.25) is 19.7 Å². The number of rotatable bonds is 11. The summed E-state index contributed by atoms with van der Waals surface area (Å²) in [6.45, 7) is 4.09. The van der Waals surface area contributed by atoms with Crippen LogP contribution in [0.2, 0.25) is 0 Å². The van der Waals surface area contributed by atoms with E-state index >= 15 is 0 Å². The third-order valence-electron chi connectivity index (χ3n) is 6.04. The molecule has 1 N–H and O–H groups in total. The van der Waals surface area contributed by atoms with Gasteiger partial charge in [0.2, 0.25) is 11.8 Å². The lowest BCUT2D eigenvalue weighted by Crippen LogP contribution is -2.52. The van der Waals surface area contributed by atoms with Gasteiger partial charge in [-0.2, -0.15) is 0 Å². The standard InChI is InChI=1S/C28H30BrN3O4/c1-3-20(2)30-28(34)26(17-21-10-5-4-6-11-21)31(19-22-12-9-14-24(29)16-22)27(33)18-23-13-7-8-15-25(23)32(35)36/h4-16,20,26H,3,17-19H2,1-2H3,(H,30,34)/t20-,26+/m1/s1. The van der Waals surface area contributed by atoms with Crippen LogP contribution in [-0.4, -0.2) is 33.7 Å². The highest BCUT2D eigenvalue weighted by Crippen LogP contribution is 2.22. The number of nitrogens with zero attached hydrogens (tertiary/aromatic N) is 2. The topological polar surface area (TPSA) is 92.6 Å². The van der Waals surface area contributed by atoms with Crippen LogP contribution >= 0.6 is 15.9 Å². The number of nitrogens with one attached hydrogen (secondary N) is 1. The molecule has 2 atom stereocenters. The van der Waals surface area contributed by atoms with Crippen molar-refractivity contribution in [2.24, 2.45) is 0 Å². The molecular formula is C28H30BrN3O4. The Hall–Kier alpha value is -3.52. The summed E-state index contributed by atoms with van der Waals surface area (Å²) in [5.74, 6) is -0.608. The van der Waals surface area contributed by atoms with Gasteiger partial charge in [0.25, 0.3) is 5.69 Å². The maximum atomic E-state index is 13.8. The molecule has 0 radical (unpaired) electrons. The van der Waals surface area contributed by atoms with Gasteiger partial charge < -0.3 is 10.2 Å². The second-order valence-corrected chi connectivity index (χ2v) is 9.65. The normalized spacial score (nSPS) is 12.4. The summed E-state index contributed by atoms with van der Waals surface area (Å²) >= 11 is 3.47. The quantitative estimate of drug-likeness (QED) is 0.253. The molecule has 3 rings (SSSR count). The number of carbonyl (C=O) groups is 2. The molecule has 0 aromatic heterocycles. The van der Waals surface area contributed by atoms with Crippen LogP contribution in [0.15, 0.2) is 83.3 Å². The summed E-state index contributed by atoms with van der Waals surface area (Å²) in [7, 11) is 0. The molecule has 0 aliphatic heterocycles. The zero-order valence-corrected chi connectivity index (χ0v) is 22.0. The lowest BCUT2D eigenvalue weighted by atomic mass is 10.0. The van der Waals surface area contributed by atoms with Gasteiger partial charge in [0, 0.05) is 35.1 Å². The van der Waals surface area contributed by atoms with E-state index in [0.29, 0.717) is 12.0 Å². The molecule has 188 valence electrons. The van der Waals surface area contributed by atoms with Crippen molar-refractivity contribution in [3.8, 4) is 0 Å². The third-order valence-corrected chi connectivity index (χ3v) is 6.54. The number of para-hydroxylation sites is 1. The molecule has 0 aliphatic carbocycles. The zero-order valence-electron chi connectivity index (χ0n) is 20.4. The summed E-state index contributed by atoms with van der Waals surface area (Å²) in [6, 6.07) is 22.4. The van der Waals surface area contributed by atoms with E-state index in [2.05, 4.69) is 21.2 Å². The van der Waals surface area contributed by atoms with E-state index in [-0.39, 0.29) is 36.5 Å². The number of nitro benzene ring substituents is 1. The smallest absolute Gasteiger partial charge is 0.273 e. The molecule has 0 spiro atoms. The average Bonchev–Trinajstić information content (AvgIpc) is 2.86. The Morgan fingerprint density at radius 3 is 2.33 bits per heavy atom. The van der Waals surface area contributed by atoms with Crippen molar-refractivity contribution < 1.29 is 14.5 Å². The van der Waals surface area contributed by atoms with Gasteiger partial charge in [-0.25, -0.2) is 0 Å². The van der Waals surface area contributed by atoms with E-state index in [1.165, 1.54) is 6.07 Å². The number of hydrogen-bond acceptors (Lipinski definition) is 4. The average molecular weight is 552 g/mol. The number of benzene rings is 3. The molecular weight excluding hydrogens is 522 g/mol. The number of amides is 2. The van der Waals surface area contributed by atoms with Crippen molar-refractivity contribution >= 4 is 33.4 Å². The minimum atomic E-state index is -0.796. The minimum absolute atomic E-state index is 0.0613. The largest absolute Gasteiger partial charge is 0.352 e. The molecule has 36 heavy (non-hydrogen) atoms. The zero-order chi connectivity index (χ0) is 26.1. The van der Waals surface area contributed by atoms with E-state index in [9.17, 15) is 19.7 Å². The summed E-state index contributed by atoms with van der Waals surface area (Å²) < 4.78 is 0.856. The van der Waals surface area contributed by atoms with Gasteiger partial charge in [0.05, 0.1) is 11.3 Å². The van der Waals surface area contributed by atoms with Crippen molar-refractivity contribution in [1.29, 1.82) is 0 Å². The van der Waals surface area contributed by atoms with E-state index in [4.69, 9.17) is 0 Å². The summed E-state index contributed by atoms with van der Waals surface area (Å²) in [4.78, 5) is 39.9. The molecule has 0 aliphatic rings. The van der Waals surface area contributed by atoms with Crippen LogP contribution < -0.4 is 5.32 Å². The molecule has 0 heterocycles. The predicted octanol–water partition coefficient (Wildman–Crippen LogP) is 5.45. The highest BCUT2D eigenvalue weighted by molar-refractivity contribution is 9.10. The predicted molar refractivity (Wildman–Crippen MR) is 143 cm³/mol. The fraction of sp³-hybridized carbons (Fsp3) is 0.286. The SMILES string of the molecule is CC[C@@H](C)NC(=O)[C@H](Cc1ccccc1)N(Cc1cccc(Br)c1)C(=O)Cc1ccccc1[N+](=O)[O-]. The number of carbonyl (C=O) groups excluding carboxylic acids is 2. The van der Waals surface area contributed by atoms with Gasteiger partial charge >= 0.3 is 0 Å². The van der Waals surface area contributed by atoms with E-state index in [1.54, 1.807) is 23.1 Å². The summed E-state index contributed by atoms with van der Waals surface area (Å²) in [6.07, 6.45) is 0.881. The van der Waals surface area contributed by atoms with Crippen LogP contribution in [0.1, 0.15) is 37.0 Å². The Morgan fingerprint density at radius 1 is 1.00 bits per heavy atom. The molecule has 2 amide bonds. The molecule has 0 bridgehead atoms. The molecule has 3 aromatic carbocycles. The second kappa shape index (κ2) is 13.0. The Kier molecular flexibility index (Phi) is 9.76. The van der Waals surface area contributed by atoms with Gasteiger partial charge in [-0.05, 0) is 36.6 Å². The van der Waals surface area contributed by atoms with Gasteiger partial charge in [0.15, 0.2) is 0 Å². The molecule has 8 heteroatoms. The highest BCUT2D eigenvalue weighted by Gasteiger charge is 2.32. The Balaban J connectivity index is 2.02. The lowest BCUT2D eigenvalue weighted by molar-refractivity contribution is -0.385. The van der Waals surface area contributed by atoms with Crippen molar-refractivity contribution in [3.63, 3.8) is 0 Å². The molecule has 7 nitrogen and oxygen atoms in total. The fourth-order valence-electron chi connectivity index (χ4n) is 3.93. The van der Waals surface area contributed by atoms with Crippen molar-refractivity contribution in [3.05, 3.63) is 110 Å². The first kappa shape index (κ1) is 27.1. The van der Waals surface area contributed by atoms with Crippen molar-refractivity contribution in [2.45, 2.75) is 51.7 Å². The Morgan fingerprint density at radius 2 is 1.67 bits per heavy atom. The van der Waals surface area contributed by atoms with Crippen molar-refractivity contribution in [2.75, 3.05) is 0 Å². The Bertz CT molecular complexity index is 1200. The van der Waals surface area contributed by atoms with Crippen LogP contribution in [-0.2, 0) is 29.0 Å². The highest BCUT2D eigenvalue weighted by atomic mass is 79.9. The van der Waals surface area contributed by atoms with Gasteiger partial charge in [-0.1, -0.05) is 83.5 Å². The molecule has 0 saturated carbocycles.